The summed E-state index contributed by atoms with van der Waals surface area (Å²) in [6.07, 6.45) is 3.76. The van der Waals surface area contributed by atoms with Crippen molar-refractivity contribution < 1.29 is 14.3 Å². The molecule has 1 unspecified atom stereocenters. The first kappa shape index (κ1) is 20.7. The minimum absolute atomic E-state index is 0.0495. The number of rotatable bonds is 6. The lowest BCUT2D eigenvalue weighted by molar-refractivity contribution is -0.149. The van der Waals surface area contributed by atoms with Crippen LogP contribution in [-0.4, -0.2) is 51.4 Å². The maximum Gasteiger partial charge on any atom is 0.308 e. The molecule has 0 spiro atoms. The number of ether oxygens (including phenoxy) is 2. The lowest BCUT2D eigenvalue weighted by Gasteiger charge is -2.32. The zero-order chi connectivity index (χ0) is 18.2. The van der Waals surface area contributed by atoms with Crippen molar-refractivity contribution in [3.63, 3.8) is 0 Å². The van der Waals surface area contributed by atoms with Gasteiger partial charge in [-0.2, -0.15) is 0 Å². The first-order valence-electron chi connectivity index (χ1n) is 8.98. The fourth-order valence-corrected chi connectivity index (χ4v) is 3.05. The van der Waals surface area contributed by atoms with Crippen LogP contribution in [0.15, 0.2) is 4.99 Å². The quantitative estimate of drug-likeness (QED) is 0.441. The molecule has 140 valence electrons. The molecule has 0 aromatic rings. The summed E-state index contributed by atoms with van der Waals surface area (Å²) < 4.78 is 10.7. The van der Waals surface area contributed by atoms with E-state index in [1.165, 1.54) is 0 Å². The summed E-state index contributed by atoms with van der Waals surface area (Å²) in [5, 5.41) is 6.81. The van der Waals surface area contributed by atoms with Crippen LogP contribution in [0.5, 0.6) is 0 Å². The van der Waals surface area contributed by atoms with Crippen LogP contribution in [0.3, 0.4) is 0 Å². The molecule has 6 heteroatoms. The second-order valence-corrected chi connectivity index (χ2v) is 7.49. The second kappa shape index (κ2) is 9.87. The van der Waals surface area contributed by atoms with Crippen LogP contribution in [0.4, 0.5) is 0 Å². The van der Waals surface area contributed by atoms with Gasteiger partial charge in [-0.3, -0.25) is 9.79 Å². The van der Waals surface area contributed by atoms with E-state index in [0.717, 1.165) is 31.6 Å². The van der Waals surface area contributed by atoms with E-state index in [9.17, 15) is 4.79 Å². The Morgan fingerprint density at radius 3 is 2.33 bits per heavy atom. The summed E-state index contributed by atoms with van der Waals surface area (Å²) in [4.78, 5) is 16.1. The Kier molecular flexibility index (Phi) is 8.53. The van der Waals surface area contributed by atoms with Crippen molar-refractivity contribution in [3.8, 4) is 0 Å². The average molecular weight is 341 g/mol. The van der Waals surface area contributed by atoms with Gasteiger partial charge in [0.05, 0.1) is 18.6 Å². The third-order valence-electron chi connectivity index (χ3n) is 4.62. The molecular weight excluding hydrogens is 306 g/mol. The van der Waals surface area contributed by atoms with Gasteiger partial charge in [-0.05, 0) is 38.0 Å². The summed E-state index contributed by atoms with van der Waals surface area (Å²) >= 11 is 0. The molecule has 24 heavy (non-hydrogen) atoms. The highest BCUT2D eigenvalue weighted by atomic mass is 16.5. The molecule has 0 aromatic heterocycles. The van der Waals surface area contributed by atoms with Gasteiger partial charge in [-0.25, -0.2) is 0 Å². The van der Waals surface area contributed by atoms with E-state index in [1.54, 1.807) is 14.2 Å². The van der Waals surface area contributed by atoms with Gasteiger partial charge in [0.1, 0.15) is 0 Å². The smallest absolute Gasteiger partial charge is 0.308 e. The monoisotopic (exact) mass is 341 g/mol. The molecule has 2 N–H and O–H groups in total. The van der Waals surface area contributed by atoms with Gasteiger partial charge >= 0.3 is 5.97 Å². The standard InChI is InChI=1S/C18H35N3O3/c1-7-24-16(22)13-8-10-14(11-9-13)21-17(19-5)20-12-15(23-6)18(2,3)4/h13-15H,7-12H2,1-6H3,(H2,19,20,21). The average Bonchev–Trinajstić information content (AvgIpc) is 2.53. The highest BCUT2D eigenvalue weighted by Crippen LogP contribution is 2.25. The molecule has 0 aliphatic heterocycles. The topological polar surface area (TPSA) is 72.0 Å². The maximum atomic E-state index is 11.8. The van der Waals surface area contributed by atoms with Crippen LogP contribution in [0.1, 0.15) is 53.4 Å². The molecule has 0 aromatic carbocycles. The Morgan fingerprint density at radius 1 is 1.25 bits per heavy atom. The van der Waals surface area contributed by atoms with Crippen molar-refractivity contribution in [1.82, 2.24) is 10.6 Å². The Labute approximate surface area is 146 Å². The van der Waals surface area contributed by atoms with E-state index in [1.807, 2.05) is 6.92 Å². The normalized spacial score (nSPS) is 23.5. The number of esters is 1. The van der Waals surface area contributed by atoms with E-state index >= 15 is 0 Å². The van der Waals surface area contributed by atoms with Crippen molar-refractivity contribution >= 4 is 11.9 Å². The summed E-state index contributed by atoms with van der Waals surface area (Å²) in [6, 6.07) is 0.345. The third-order valence-corrected chi connectivity index (χ3v) is 4.62. The minimum Gasteiger partial charge on any atom is -0.466 e. The van der Waals surface area contributed by atoms with E-state index in [4.69, 9.17) is 9.47 Å². The van der Waals surface area contributed by atoms with Crippen LogP contribution < -0.4 is 10.6 Å². The number of guanidine groups is 1. The summed E-state index contributed by atoms with van der Waals surface area (Å²) in [5.41, 5.74) is 0.0678. The largest absolute Gasteiger partial charge is 0.466 e. The molecule has 6 nitrogen and oxygen atoms in total. The molecule has 1 fully saturated rings. The number of hydrogen-bond acceptors (Lipinski definition) is 4. The highest BCUT2D eigenvalue weighted by molar-refractivity contribution is 5.80. The molecule has 1 atom stereocenters. The second-order valence-electron chi connectivity index (χ2n) is 7.49. The number of nitrogens with zero attached hydrogens (tertiary/aromatic N) is 1. The molecule has 1 aliphatic rings. The van der Waals surface area contributed by atoms with Crippen molar-refractivity contribution in [2.24, 2.45) is 16.3 Å². The third kappa shape index (κ3) is 6.67. The first-order valence-corrected chi connectivity index (χ1v) is 8.98. The molecule has 0 saturated heterocycles. The van der Waals surface area contributed by atoms with Crippen LogP contribution in [0.25, 0.3) is 0 Å². The molecule has 0 radical (unpaired) electrons. The fourth-order valence-electron chi connectivity index (χ4n) is 3.05. The molecule has 0 amide bonds. The number of carbonyl (C=O) groups is 1. The zero-order valence-electron chi connectivity index (χ0n) is 16.1. The molecule has 0 heterocycles. The molecule has 1 saturated carbocycles. The Bertz CT molecular complexity index is 410. The summed E-state index contributed by atoms with van der Waals surface area (Å²) in [5.74, 6) is 0.796. The van der Waals surface area contributed by atoms with Crippen LogP contribution in [-0.2, 0) is 14.3 Å². The molecule has 1 rings (SSSR count). The predicted octanol–water partition coefficient (Wildman–Crippen LogP) is 2.33. The van der Waals surface area contributed by atoms with Gasteiger partial charge in [0.2, 0.25) is 0 Å². The molecule has 0 bridgehead atoms. The van der Waals surface area contributed by atoms with Gasteiger partial charge in [-0.15, -0.1) is 0 Å². The van der Waals surface area contributed by atoms with Crippen molar-refractivity contribution in [3.05, 3.63) is 0 Å². The van der Waals surface area contributed by atoms with Crippen LogP contribution >= 0.6 is 0 Å². The Morgan fingerprint density at radius 2 is 1.88 bits per heavy atom. The molecular formula is C18H35N3O3. The Hall–Kier alpha value is -1.30. The first-order chi connectivity index (χ1) is 11.3. The summed E-state index contributed by atoms with van der Waals surface area (Å²) in [7, 11) is 3.52. The lowest BCUT2D eigenvalue weighted by atomic mass is 9.86. The lowest BCUT2D eigenvalue weighted by Crippen LogP contribution is -2.49. The van der Waals surface area contributed by atoms with E-state index in [0.29, 0.717) is 19.2 Å². The van der Waals surface area contributed by atoms with Gasteiger partial charge in [-0.1, -0.05) is 20.8 Å². The fraction of sp³-hybridized carbons (Fsp3) is 0.889. The van der Waals surface area contributed by atoms with E-state index in [2.05, 4.69) is 36.4 Å². The maximum absolute atomic E-state index is 11.8. The predicted molar refractivity (Wildman–Crippen MR) is 97.1 cm³/mol. The van der Waals surface area contributed by atoms with Crippen LogP contribution in [0.2, 0.25) is 0 Å². The molecule has 1 aliphatic carbocycles. The van der Waals surface area contributed by atoms with E-state index in [-0.39, 0.29) is 23.4 Å². The van der Waals surface area contributed by atoms with Crippen molar-refractivity contribution in [2.75, 3.05) is 27.3 Å². The van der Waals surface area contributed by atoms with Gasteiger partial charge < -0.3 is 20.1 Å². The van der Waals surface area contributed by atoms with E-state index < -0.39 is 0 Å². The van der Waals surface area contributed by atoms with Gasteiger partial charge in [0.25, 0.3) is 0 Å². The van der Waals surface area contributed by atoms with Gasteiger partial charge in [0, 0.05) is 26.7 Å². The number of carbonyl (C=O) groups excluding carboxylic acids is 1. The number of aliphatic imine (C=N–C) groups is 1. The Balaban J connectivity index is 2.41. The SMILES string of the molecule is CCOC(=O)C1CCC(NC(=NC)NCC(OC)C(C)(C)C)CC1. The van der Waals surface area contributed by atoms with Gasteiger partial charge in [0.15, 0.2) is 5.96 Å². The minimum atomic E-state index is -0.0495. The van der Waals surface area contributed by atoms with Crippen molar-refractivity contribution in [1.29, 1.82) is 0 Å². The number of nitrogens with one attached hydrogen (secondary N) is 2. The van der Waals surface area contributed by atoms with Crippen LogP contribution in [0, 0.1) is 11.3 Å². The zero-order valence-corrected chi connectivity index (χ0v) is 16.1. The number of methoxy groups -OCH3 is 1. The van der Waals surface area contributed by atoms with Crippen molar-refractivity contribution in [2.45, 2.75) is 65.5 Å². The summed E-state index contributed by atoms with van der Waals surface area (Å²) in [6.45, 7) is 9.51. The highest BCUT2D eigenvalue weighted by Gasteiger charge is 2.28. The number of hydrogen-bond donors (Lipinski definition) is 2.